The molecule has 10 heteroatoms. The summed E-state index contributed by atoms with van der Waals surface area (Å²) in [7, 11) is -1.92. The van der Waals surface area contributed by atoms with Gasteiger partial charge in [0.15, 0.2) is 9.84 Å². The molecule has 7 nitrogen and oxygen atoms in total. The van der Waals surface area contributed by atoms with E-state index in [-0.39, 0.29) is 34.7 Å². The summed E-state index contributed by atoms with van der Waals surface area (Å²) in [5.74, 6) is 0.503. The van der Waals surface area contributed by atoms with E-state index in [1.165, 1.54) is 12.1 Å². The van der Waals surface area contributed by atoms with E-state index in [0.717, 1.165) is 30.1 Å². The lowest BCUT2D eigenvalue weighted by Crippen LogP contribution is -2.31. The predicted molar refractivity (Wildman–Crippen MR) is 128 cm³/mol. The zero-order valence-electron chi connectivity index (χ0n) is 18.0. The fraction of sp³-hybridized carbons (Fsp3) is 0.364. The van der Waals surface area contributed by atoms with E-state index >= 15 is 0 Å². The zero-order valence-corrected chi connectivity index (χ0v) is 20.3. The van der Waals surface area contributed by atoms with Gasteiger partial charge in [0.05, 0.1) is 16.5 Å². The van der Waals surface area contributed by atoms with Crippen molar-refractivity contribution in [2.75, 3.05) is 32.6 Å². The number of nitrogens with zero attached hydrogens (tertiary/aromatic N) is 2. The van der Waals surface area contributed by atoms with Gasteiger partial charge in [-0.1, -0.05) is 47.5 Å². The number of aliphatic imine (C=N–C) groups is 1. The van der Waals surface area contributed by atoms with Crippen LogP contribution in [0.1, 0.15) is 23.1 Å². The minimum absolute atomic E-state index is 0.0271. The number of carbonyl (C=O) groups is 1. The monoisotopic (exact) mass is 496 g/mol. The average molecular weight is 497 g/mol. The smallest absolute Gasteiger partial charge is 0.223 e. The Kier molecular flexibility index (Phi) is 8.16. The normalized spacial score (nSPS) is 13.6. The van der Waals surface area contributed by atoms with Crippen molar-refractivity contribution in [3.8, 4) is 0 Å². The van der Waals surface area contributed by atoms with Gasteiger partial charge >= 0.3 is 0 Å². The number of hydrogen-bond acceptors (Lipinski definition) is 6. The molecule has 32 heavy (non-hydrogen) atoms. The number of rotatable bonds is 9. The molecule has 0 atom stereocenters. The lowest BCUT2D eigenvalue weighted by atomic mass is 10.1. The molecule has 1 heterocycles. The van der Waals surface area contributed by atoms with Crippen LogP contribution < -0.4 is 10.6 Å². The Balaban J connectivity index is 1.46. The van der Waals surface area contributed by atoms with E-state index in [0.29, 0.717) is 17.1 Å². The van der Waals surface area contributed by atoms with E-state index in [4.69, 9.17) is 23.2 Å². The molecule has 0 saturated heterocycles. The third-order valence-electron chi connectivity index (χ3n) is 5.17. The Morgan fingerprint density at radius 1 is 1.19 bits per heavy atom. The largest absolute Gasteiger partial charge is 0.368 e. The molecule has 0 aliphatic carbocycles. The molecule has 2 aromatic carbocycles. The minimum atomic E-state index is -3.65. The number of halogens is 2. The highest BCUT2D eigenvalue weighted by molar-refractivity contribution is 7.91. The van der Waals surface area contributed by atoms with E-state index in [1.807, 2.05) is 24.3 Å². The molecule has 0 aromatic heterocycles. The first-order valence-corrected chi connectivity index (χ1v) is 12.6. The Labute approximate surface area is 198 Å². The van der Waals surface area contributed by atoms with Crippen molar-refractivity contribution in [3.63, 3.8) is 0 Å². The number of hydrogen-bond donors (Lipinski definition) is 2. The van der Waals surface area contributed by atoms with Gasteiger partial charge in [0.2, 0.25) is 5.91 Å². The van der Waals surface area contributed by atoms with E-state index in [1.54, 1.807) is 18.9 Å². The fourth-order valence-corrected chi connectivity index (χ4v) is 5.26. The summed E-state index contributed by atoms with van der Waals surface area (Å²) in [6.45, 7) is 4.01. The van der Waals surface area contributed by atoms with Crippen LogP contribution in [0.5, 0.6) is 0 Å². The van der Waals surface area contributed by atoms with Gasteiger partial charge in [0, 0.05) is 43.7 Å². The molecule has 2 N–H and O–H groups in total. The van der Waals surface area contributed by atoms with Gasteiger partial charge in [-0.3, -0.25) is 9.79 Å². The van der Waals surface area contributed by atoms with Gasteiger partial charge < -0.3 is 15.5 Å². The van der Waals surface area contributed by atoms with Crippen molar-refractivity contribution >= 4 is 44.8 Å². The van der Waals surface area contributed by atoms with Crippen LogP contribution in [0.25, 0.3) is 0 Å². The summed E-state index contributed by atoms with van der Waals surface area (Å²) in [5.41, 5.74) is 2.56. The Morgan fingerprint density at radius 3 is 2.56 bits per heavy atom. The standard InChI is InChI=1S/C22H26Cl2N4O3S/c1-15-18(23)7-8-19(21(15)24)32(30,31)14-25-10-9-20(29)28(2)13-16-3-5-17(6-4-16)22-26-11-12-27-22/h3-8,25H,9-14H2,1-2H3,(H,26,27). The molecular weight excluding hydrogens is 471 g/mol. The number of benzene rings is 2. The van der Waals surface area contributed by atoms with E-state index in [2.05, 4.69) is 15.6 Å². The second kappa shape index (κ2) is 10.7. The van der Waals surface area contributed by atoms with E-state index in [9.17, 15) is 13.2 Å². The third kappa shape index (κ3) is 6.01. The Morgan fingerprint density at radius 2 is 1.91 bits per heavy atom. The quantitative estimate of drug-likeness (QED) is 0.520. The molecule has 1 aliphatic rings. The summed E-state index contributed by atoms with van der Waals surface area (Å²) in [5, 5.41) is 6.59. The molecule has 0 unspecified atom stereocenters. The van der Waals surface area contributed by atoms with Crippen molar-refractivity contribution in [2.45, 2.75) is 24.8 Å². The maximum absolute atomic E-state index is 12.6. The van der Waals surface area contributed by atoms with Crippen LogP contribution in [0.4, 0.5) is 0 Å². The zero-order chi connectivity index (χ0) is 23.3. The van der Waals surface area contributed by atoms with Crippen molar-refractivity contribution in [1.29, 1.82) is 0 Å². The second-order valence-corrected chi connectivity index (χ2v) is 10.3. The highest BCUT2D eigenvalue weighted by Crippen LogP contribution is 2.30. The van der Waals surface area contributed by atoms with Crippen molar-refractivity contribution in [3.05, 3.63) is 63.1 Å². The molecular formula is C22H26Cl2N4O3S. The molecule has 172 valence electrons. The topological polar surface area (TPSA) is 90.9 Å². The number of nitrogens with one attached hydrogen (secondary N) is 2. The molecule has 2 aromatic rings. The maximum atomic E-state index is 12.6. The molecule has 0 bridgehead atoms. The first kappa shape index (κ1) is 24.5. The Bertz CT molecular complexity index is 1120. The first-order valence-electron chi connectivity index (χ1n) is 10.2. The summed E-state index contributed by atoms with van der Waals surface area (Å²) in [6.07, 6.45) is 0.179. The number of sulfone groups is 1. The molecule has 0 saturated carbocycles. The molecule has 0 spiro atoms. The van der Waals surface area contributed by atoms with Crippen LogP contribution in [0.3, 0.4) is 0 Å². The van der Waals surface area contributed by atoms with Crippen LogP contribution in [-0.4, -0.2) is 57.6 Å². The lowest BCUT2D eigenvalue weighted by Gasteiger charge is -2.18. The third-order valence-corrected chi connectivity index (χ3v) is 7.78. The highest BCUT2D eigenvalue weighted by Gasteiger charge is 2.20. The predicted octanol–water partition coefficient (Wildman–Crippen LogP) is 3.02. The van der Waals surface area contributed by atoms with Crippen molar-refractivity contribution < 1.29 is 13.2 Å². The van der Waals surface area contributed by atoms with Crippen molar-refractivity contribution in [1.82, 2.24) is 15.5 Å². The number of amidine groups is 1. The number of carbonyl (C=O) groups excluding carboxylic acids is 1. The van der Waals surface area contributed by atoms with Gasteiger partial charge in [-0.05, 0) is 30.2 Å². The van der Waals surface area contributed by atoms with E-state index < -0.39 is 9.84 Å². The van der Waals surface area contributed by atoms with Crippen LogP contribution in [0.2, 0.25) is 10.0 Å². The van der Waals surface area contributed by atoms with Crippen LogP contribution in [0, 0.1) is 6.92 Å². The summed E-state index contributed by atoms with van der Waals surface area (Å²) < 4.78 is 25.1. The SMILES string of the molecule is Cc1c(Cl)ccc(S(=O)(=O)CNCCC(=O)N(C)Cc2ccc(C3=NCCN3)cc2)c1Cl. The average Bonchev–Trinajstić information content (AvgIpc) is 3.30. The van der Waals surface area contributed by atoms with Crippen LogP contribution in [-0.2, 0) is 21.2 Å². The fourth-order valence-electron chi connectivity index (χ4n) is 3.27. The van der Waals surface area contributed by atoms with Gasteiger partial charge in [0.25, 0.3) is 0 Å². The van der Waals surface area contributed by atoms with Gasteiger partial charge in [-0.15, -0.1) is 0 Å². The molecule has 0 radical (unpaired) electrons. The van der Waals surface area contributed by atoms with Gasteiger partial charge in [-0.2, -0.15) is 0 Å². The summed E-state index contributed by atoms with van der Waals surface area (Å²) in [4.78, 5) is 18.5. The summed E-state index contributed by atoms with van der Waals surface area (Å²) in [6, 6.07) is 10.8. The maximum Gasteiger partial charge on any atom is 0.223 e. The minimum Gasteiger partial charge on any atom is -0.368 e. The summed E-state index contributed by atoms with van der Waals surface area (Å²) >= 11 is 12.1. The van der Waals surface area contributed by atoms with Crippen LogP contribution >= 0.6 is 23.2 Å². The van der Waals surface area contributed by atoms with Crippen molar-refractivity contribution in [2.24, 2.45) is 4.99 Å². The van der Waals surface area contributed by atoms with Gasteiger partial charge in [-0.25, -0.2) is 8.42 Å². The molecule has 1 aliphatic heterocycles. The van der Waals surface area contributed by atoms with Crippen LogP contribution in [0.15, 0.2) is 46.3 Å². The Hall–Kier alpha value is -2.13. The van der Waals surface area contributed by atoms with Gasteiger partial charge in [0.1, 0.15) is 11.7 Å². The second-order valence-electron chi connectivity index (χ2n) is 7.60. The molecule has 1 amide bonds. The molecule has 0 fully saturated rings. The first-order chi connectivity index (χ1) is 15.2. The molecule has 3 rings (SSSR count). The lowest BCUT2D eigenvalue weighted by molar-refractivity contribution is -0.130. The highest BCUT2D eigenvalue weighted by atomic mass is 35.5. The number of amides is 1.